The van der Waals surface area contributed by atoms with E-state index in [1.807, 2.05) is 0 Å². The van der Waals surface area contributed by atoms with E-state index in [0.717, 1.165) is 6.54 Å². The summed E-state index contributed by atoms with van der Waals surface area (Å²) in [5, 5.41) is 2.85. The van der Waals surface area contributed by atoms with Crippen molar-refractivity contribution >= 4 is 12.2 Å². The number of rotatable bonds is 2. The first-order valence-corrected chi connectivity index (χ1v) is 8.14. The first kappa shape index (κ1) is 12.8. The largest absolute Gasteiger partial charge is 0.220 e. The van der Waals surface area contributed by atoms with E-state index in [1.165, 1.54) is 52.1 Å². The van der Waals surface area contributed by atoms with E-state index in [0.29, 0.717) is 5.92 Å². The summed E-state index contributed by atoms with van der Waals surface area (Å²) >= 11 is 0. The number of aromatic nitrogens is 1. The van der Waals surface area contributed by atoms with Crippen LogP contribution in [0.15, 0.2) is 30.5 Å². The van der Waals surface area contributed by atoms with Gasteiger partial charge in [-0.1, -0.05) is 32.1 Å². The van der Waals surface area contributed by atoms with Gasteiger partial charge in [0.05, 0.1) is 5.56 Å². The van der Waals surface area contributed by atoms with Crippen LogP contribution >= 0.6 is 0 Å². The van der Waals surface area contributed by atoms with Gasteiger partial charge < -0.3 is 0 Å². The Kier molecular flexibility index (Phi) is 2.95. The molecule has 1 unspecified atom stereocenters. The normalized spacial score (nSPS) is 16.3. The highest BCUT2D eigenvalue weighted by atomic mass is 15.0. The first-order valence-electron chi connectivity index (χ1n) is 8.14. The molecule has 2 aromatic rings. The molecule has 0 saturated heterocycles. The van der Waals surface area contributed by atoms with E-state index in [2.05, 4.69) is 61.0 Å². The van der Waals surface area contributed by atoms with E-state index < -0.39 is 0 Å². The van der Waals surface area contributed by atoms with Crippen LogP contribution in [0.3, 0.4) is 0 Å². The number of hydrogen-bond acceptors (Lipinski definition) is 0. The molecule has 1 aromatic heterocycles. The van der Waals surface area contributed by atoms with Crippen LogP contribution in [0.5, 0.6) is 0 Å². The van der Waals surface area contributed by atoms with Crippen LogP contribution in [0.4, 0.5) is 0 Å². The molecule has 21 heavy (non-hydrogen) atoms. The van der Waals surface area contributed by atoms with Gasteiger partial charge >= 0.3 is 0 Å². The monoisotopic (exact) mass is 276 g/mol. The van der Waals surface area contributed by atoms with Gasteiger partial charge in [0.15, 0.2) is 12.7 Å². The molecule has 1 aliphatic carbocycles. The number of hydrogen-bond donors (Lipinski definition) is 0. The third kappa shape index (κ3) is 1.95. The van der Waals surface area contributed by atoms with Crippen molar-refractivity contribution in [2.45, 2.75) is 45.6 Å². The van der Waals surface area contributed by atoms with Crippen LogP contribution in [-0.2, 0) is 6.54 Å². The molecule has 2 heterocycles. The molecular weight excluding hydrogens is 254 g/mol. The summed E-state index contributed by atoms with van der Waals surface area (Å²) in [6, 6.07) is 9.37. The molecule has 0 N–H and O–H groups in total. The Morgan fingerprint density at radius 2 is 2.00 bits per heavy atom. The zero-order valence-electron chi connectivity index (χ0n) is 12.9. The Morgan fingerprint density at radius 3 is 2.86 bits per heavy atom. The second-order valence-electron chi connectivity index (χ2n) is 6.37. The highest BCUT2D eigenvalue weighted by Crippen LogP contribution is 2.28. The first-order chi connectivity index (χ1) is 10.3. The van der Waals surface area contributed by atoms with Crippen molar-refractivity contribution in [2.24, 2.45) is 0 Å². The van der Waals surface area contributed by atoms with Gasteiger partial charge in [-0.3, -0.25) is 0 Å². The summed E-state index contributed by atoms with van der Waals surface area (Å²) in [5.41, 5.74) is 5.83. The molecule has 0 radical (unpaired) electrons. The van der Waals surface area contributed by atoms with Crippen molar-refractivity contribution in [1.82, 2.24) is 0 Å². The minimum absolute atomic E-state index is 0.651. The van der Waals surface area contributed by atoms with Gasteiger partial charge in [-0.25, -0.2) is 0 Å². The molecule has 0 bridgehead atoms. The molecule has 1 aliphatic heterocycles. The van der Waals surface area contributed by atoms with E-state index in [9.17, 15) is 0 Å². The van der Waals surface area contributed by atoms with Crippen molar-refractivity contribution in [3.63, 3.8) is 0 Å². The molecule has 0 fully saturated rings. The SMILES string of the molecule is CCC(C)c1ccc2c(c1)C[n+]1ccc3c(c1-2)=CCCC=3. The second kappa shape index (κ2) is 4.84. The molecule has 0 saturated carbocycles. The van der Waals surface area contributed by atoms with Crippen LogP contribution < -0.4 is 15.0 Å². The van der Waals surface area contributed by atoms with Crippen LogP contribution in [-0.4, -0.2) is 0 Å². The number of fused-ring (bicyclic) bond motifs is 5. The van der Waals surface area contributed by atoms with Crippen LogP contribution in [0.1, 0.15) is 50.2 Å². The van der Waals surface area contributed by atoms with Crippen molar-refractivity contribution < 1.29 is 4.57 Å². The quantitative estimate of drug-likeness (QED) is 0.634. The zero-order chi connectivity index (χ0) is 14.4. The molecule has 2 aliphatic rings. The zero-order valence-corrected chi connectivity index (χ0v) is 12.9. The van der Waals surface area contributed by atoms with Gasteiger partial charge in [0.2, 0.25) is 5.69 Å². The second-order valence-corrected chi connectivity index (χ2v) is 6.37. The summed E-state index contributed by atoms with van der Waals surface area (Å²) in [4.78, 5) is 0. The fourth-order valence-corrected chi connectivity index (χ4v) is 3.62. The molecule has 1 nitrogen and oxygen atoms in total. The Hall–Kier alpha value is -1.89. The van der Waals surface area contributed by atoms with Crippen LogP contribution in [0.25, 0.3) is 23.4 Å². The van der Waals surface area contributed by atoms with Gasteiger partial charge in [-0.15, -0.1) is 0 Å². The fraction of sp³-hybridized carbons (Fsp3) is 0.350. The molecule has 1 heteroatoms. The Labute approximate surface area is 126 Å². The van der Waals surface area contributed by atoms with E-state index in [-0.39, 0.29) is 0 Å². The average molecular weight is 276 g/mol. The molecule has 1 aromatic carbocycles. The molecular formula is C20H22N+. The van der Waals surface area contributed by atoms with Gasteiger partial charge in [0.1, 0.15) is 0 Å². The summed E-state index contributed by atoms with van der Waals surface area (Å²) in [6.45, 7) is 5.61. The molecule has 106 valence electrons. The predicted molar refractivity (Wildman–Crippen MR) is 87.3 cm³/mol. The molecule has 0 spiro atoms. The van der Waals surface area contributed by atoms with Crippen LogP contribution in [0.2, 0.25) is 0 Å². The summed E-state index contributed by atoms with van der Waals surface area (Å²) in [5.74, 6) is 0.651. The summed E-state index contributed by atoms with van der Waals surface area (Å²) < 4.78 is 2.42. The molecule has 4 rings (SSSR count). The highest BCUT2D eigenvalue weighted by Gasteiger charge is 2.28. The third-order valence-corrected chi connectivity index (χ3v) is 5.07. The maximum absolute atomic E-state index is 2.43. The standard InChI is InChI=1S/C20H22N/c1-3-14(2)16-8-9-19-17(12-16)13-21-11-10-15-6-4-5-7-18(15)20(19)21/h6-12,14H,3-5,13H2,1-2H3/q+1. The van der Waals surface area contributed by atoms with Crippen molar-refractivity contribution in [2.75, 3.05) is 0 Å². The lowest BCUT2D eigenvalue weighted by Crippen LogP contribution is -2.43. The Morgan fingerprint density at radius 1 is 1.14 bits per heavy atom. The van der Waals surface area contributed by atoms with Gasteiger partial charge in [-0.05, 0) is 48.1 Å². The minimum atomic E-state index is 0.651. The van der Waals surface area contributed by atoms with Crippen LogP contribution in [0, 0.1) is 0 Å². The van der Waals surface area contributed by atoms with Gasteiger partial charge in [-0.2, -0.15) is 4.57 Å². The number of nitrogens with zero attached hydrogens (tertiary/aromatic N) is 1. The minimum Gasteiger partial charge on any atom is -0.193 e. The smallest absolute Gasteiger partial charge is 0.193 e. The Balaban J connectivity index is 1.93. The lowest BCUT2D eigenvalue weighted by atomic mass is 9.94. The van der Waals surface area contributed by atoms with Crippen molar-refractivity contribution in [3.05, 3.63) is 52.0 Å². The van der Waals surface area contributed by atoms with Gasteiger partial charge in [0.25, 0.3) is 0 Å². The third-order valence-electron chi connectivity index (χ3n) is 5.07. The Bertz CT molecular complexity index is 830. The van der Waals surface area contributed by atoms with E-state index in [4.69, 9.17) is 0 Å². The molecule has 1 atom stereocenters. The average Bonchev–Trinajstić information content (AvgIpc) is 2.92. The van der Waals surface area contributed by atoms with Crippen molar-refractivity contribution in [3.8, 4) is 11.3 Å². The topological polar surface area (TPSA) is 3.88 Å². The summed E-state index contributed by atoms with van der Waals surface area (Å²) in [6.07, 6.45) is 10.6. The maximum atomic E-state index is 2.43. The van der Waals surface area contributed by atoms with Crippen molar-refractivity contribution in [1.29, 1.82) is 0 Å². The highest BCUT2D eigenvalue weighted by molar-refractivity contribution is 5.66. The van der Waals surface area contributed by atoms with E-state index in [1.54, 1.807) is 0 Å². The lowest BCUT2D eigenvalue weighted by molar-refractivity contribution is -0.672. The lowest BCUT2D eigenvalue weighted by Gasteiger charge is -2.09. The maximum Gasteiger partial charge on any atom is 0.220 e. The summed E-state index contributed by atoms with van der Waals surface area (Å²) in [7, 11) is 0. The number of pyridine rings is 1. The number of benzene rings is 1. The van der Waals surface area contributed by atoms with E-state index >= 15 is 0 Å². The molecule has 0 amide bonds. The van der Waals surface area contributed by atoms with Gasteiger partial charge in [0, 0.05) is 16.8 Å². The fourth-order valence-electron chi connectivity index (χ4n) is 3.62. The predicted octanol–water partition coefficient (Wildman–Crippen LogP) is 2.87.